The molecule has 0 amide bonds. The van der Waals surface area contributed by atoms with Gasteiger partial charge in [0.05, 0.1) is 6.61 Å². The number of nitrogens with one attached hydrogen (secondary N) is 1. The summed E-state index contributed by atoms with van der Waals surface area (Å²) < 4.78 is 48.9. The van der Waals surface area contributed by atoms with Gasteiger partial charge in [-0.15, -0.1) is 0 Å². The molecule has 26 heavy (non-hydrogen) atoms. The zero-order valence-electron chi connectivity index (χ0n) is 14.1. The highest BCUT2D eigenvalue weighted by Gasteiger charge is 2.21. The molecule has 0 radical (unpaired) electrons. The van der Waals surface area contributed by atoms with Crippen molar-refractivity contribution in [3.05, 3.63) is 53.8 Å². The zero-order valence-corrected chi connectivity index (χ0v) is 15.7. The molecule has 0 spiro atoms. The number of nitrogens with two attached hydrogens (primary N) is 1. The average molecular weight is 398 g/mol. The monoisotopic (exact) mass is 398 g/mol. The molecule has 0 aromatic heterocycles. The molecule has 0 unspecified atom stereocenters. The molecular formula is C17H19FN2O4S2. The van der Waals surface area contributed by atoms with Gasteiger partial charge < -0.3 is 14.7 Å². The minimum absolute atomic E-state index is 0.0429. The number of benzene rings is 2. The summed E-state index contributed by atoms with van der Waals surface area (Å²) in [4.78, 5) is -0.523. The lowest BCUT2D eigenvalue weighted by molar-refractivity contribution is 0.317. The van der Waals surface area contributed by atoms with Gasteiger partial charge in [0.2, 0.25) is 0 Å². The zero-order chi connectivity index (χ0) is 19.2. The standard InChI is InChI=1S/C17H19FN2O4S2/c1-12-9-13(23-7-4-8-25-17(19)20)11-14(10-12)24-26(21,22)16-6-3-2-5-15(16)18/h2-3,5-6,9-11H,4,7-8H2,1H3,(H3,19,20). The number of rotatable bonds is 8. The van der Waals surface area contributed by atoms with Crippen LogP contribution in [0, 0.1) is 18.2 Å². The van der Waals surface area contributed by atoms with Gasteiger partial charge in [-0.25, -0.2) is 4.39 Å². The van der Waals surface area contributed by atoms with Crippen LogP contribution in [-0.4, -0.2) is 25.9 Å². The largest absolute Gasteiger partial charge is 0.493 e. The molecule has 3 N–H and O–H groups in total. The lowest BCUT2D eigenvalue weighted by Gasteiger charge is -2.11. The summed E-state index contributed by atoms with van der Waals surface area (Å²) in [6.07, 6.45) is 0.669. The molecule has 0 aliphatic carbocycles. The molecule has 0 bridgehead atoms. The molecule has 9 heteroatoms. The van der Waals surface area contributed by atoms with E-state index < -0.39 is 20.8 Å². The maximum Gasteiger partial charge on any atom is 0.342 e. The van der Waals surface area contributed by atoms with Crippen molar-refractivity contribution in [2.24, 2.45) is 5.73 Å². The summed E-state index contributed by atoms with van der Waals surface area (Å²) in [5.41, 5.74) is 5.98. The molecule has 2 rings (SSSR count). The third kappa shape index (κ3) is 5.92. The Kier molecular flexibility index (Phi) is 6.87. The smallest absolute Gasteiger partial charge is 0.342 e. The summed E-state index contributed by atoms with van der Waals surface area (Å²) >= 11 is 1.22. The van der Waals surface area contributed by atoms with E-state index in [2.05, 4.69) is 0 Å². The van der Waals surface area contributed by atoms with Crippen LogP contribution in [0.4, 0.5) is 4.39 Å². The Balaban J connectivity index is 2.07. The van der Waals surface area contributed by atoms with Crippen molar-refractivity contribution in [3.63, 3.8) is 0 Å². The first kappa shape index (κ1) is 20.1. The molecule has 0 fully saturated rings. The molecule has 6 nitrogen and oxygen atoms in total. The van der Waals surface area contributed by atoms with Crippen LogP contribution in [0.2, 0.25) is 0 Å². The second-order valence-electron chi connectivity index (χ2n) is 5.36. The predicted octanol–water partition coefficient (Wildman–Crippen LogP) is 3.30. The molecule has 0 aliphatic rings. The number of aryl methyl sites for hydroxylation is 1. The van der Waals surface area contributed by atoms with E-state index in [1.165, 1.54) is 36.0 Å². The molecule has 0 saturated heterocycles. The van der Waals surface area contributed by atoms with Gasteiger partial charge in [-0.3, -0.25) is 5.41 Å². The van der Waals surface area contributed by atoms with Crippen LogP contribution in [0.5, 0.6) is 11.5 Å². The molecule has 2 aromatic carbocycles. The molecule has 0 heterocycles. The van der Waals surface area contributed by atoms with Crippen molar-refractivity contribution in [2.75, 3.05) is 12.4 Å². The van der Waals surface area contributed by atoms with Gasteiger partial charge in [-0.05, 0) is 43.2 Å². The van der Waals surface area contributed by atoms with Crippen molar-refractivity contribution in [2.45, 2.75) is 18.2 Å². The Labute approximate surface area is 156 Å². The number of hydrogen-bond acceptors (Lipinski definition) is 6. The first-order chi connectivity index (χ1) is 12.3. The Morgan fingerprint density at radius 2 is 1.92 bits per heavy atom. The Bertz CT molecular complexity index is 888. The van der Waals surface area contributed by atoms with E-state index in [0.717, 1.165) is 17.7 Å². The number of ether oxygens (including phenoxy) is 1. The van der Waals surface area contributed by atoms with E-state index in [1.807, 2.05) is 0 Å². The van der Waals surface area contributed by atoms with E-state index in [-0.39, 0.29) is 10.9 Å². The second-order valence-corrected chi connectivity index (χ2v) is 8.02. The molecule has 0 saturated carbocycles. The van der Waals surface area contributed by atoms with Gasteiger partial charge in [-0.2, -0.15) is 8.42 Å². The summed E-state index contributed by atoms with van der Waals surface area (Å²) in [7, 11) is -4.29. The molecule has 2 aromatic rings. The first-order valence-corrected chi connectivity index (χ1v) is 10.1. The van der Waals surface area contributed by atoms with E-state index >= 15 is 0 Å². The quantitative estimate of drug-likeness (QED) is 0.306. The summed E-state index contributed by atoms with van der Waals surface area (Å²) in [5.74, 6) is 0.254. The number of thioether (sulfide) groups is 1. The normalized spacial score (nSPS) is 11.2. The average Bonchev–Trinajstić information content (AvgIpc) is 2.53. The van der Waals surface area contributed by atoms with Crippen LogP contribution in [0.3, 0.4) is 0 Å². The van der Waals surface area contributed by atoms with Crippen molar-refractivity contribution in [1.82, 2.24) is 0 Å². The summed E-state index contributed by atoms with van der Waals surface area (Å²) in [6.45, 7) is 2.14. The van der Waals surface area contributed by atoms with Gasteiger partial charge >= 0.3 is 10.1 Å². The van der Waals surface area contributed by atoms with Gasteiger partial charge in [0.1, 0.15) is 22.2 Å². The van der Waals surface area contributed by atoms with Crippen molar-refractivity contribution in [3.8, 4) is 11.5 Å². The van der Waals surface area contributed by atoms with Gasteiger partial charge in [0.25, 0.3) is 0 Å². The van der Waals surface area contributed by atoms with Crippen molar-refractivity contribution in [1.29, 1.82) is 5.41 Å². The fourth-order valence-corrected chi connectivity index (χ4v) is 3.57. The molecular weight excluding hydrogens is 379 g/mol. The third-order valence-corrected chi connectivity index (χ3v) is 5.24. The van der Waals surface area contributed by atoms with Gasteiger partial charge in [0, 0.05) is 11.8 Å². The summed E-state index contributed by atoms with van der Waals surface area (Å²) in [6, 6.07) is 9.71. The molecule has 0 atom stereocenters. The van der Waals surface area contributed by atoms with Crippen LogP contribution in [0.15, 0.2) is 47.4 Å². The van der Waals surface area contributed by atoms with Crippen molar-refractivity contribution >= 4 is 27.0 Å². The van der Waals surface area contributed by atoms with Crippen LogP contribution >= 0.6 is 11.8 Å². The topological polar surface area (TPSA) is 102 Å². The first-order valence-electron chi connectivity index (χ1n) is 7.68. The van der Waals surface area contributed by atoms with E-state index in [9.17, 15) is 12.8 Å². The highest BCUT2D eigenvalue weighted by molar-refractivity contribution is 8.13. The van der Waals surface area contributed by atoms with E-state index in [0.29, 0.717) is 24.5 Å². The number of halogens is 1. The minimum Gasteiger partial charge on any atom is -0.493 e. The lowest BCUT2D eigenvalue weighted by Crippen LogP contribution is -2.12. The predicted molar refractivity (Wildman–Crippen MR) is 99.9 cm³/mol. The lowest BCUT2D eigenvalue weighted by atomic mass is 10.2. The third-order valence-electron chi connectivity index (χ3n) is 3.15. The van der Waals surface area contributed by atoms with Crippen molar-refractivity contribution < 1.29 is 21.7 Å². The second kappa shape index (κ2) is 8.91. The Hall–Kier alpha value is -2.26. The highest BCUT2D eigenvalue weighted by Crippen LogP contribution is 2.26. The fourth-order valence-electron chi connectivity index (χ4n) is 2.10. The fraction of sp³-hybridized carbons (Fsp3) is 0.235. The van der Waals surface area contributed by atoms with E-state index in [4.69, 9.17) is 20.1 Å². The van der Waals surface area contributed by atoms with Crippen LogP contribution in [0.1, 0.15) is 12.0 Å². The number of hydrogen-bond donors (Lipinski definition) is 2. The van der Waals surface area contributed by atoms with Gasteiger partial charge in [-0.1, -0.05) is 23.9 Å². The molecule has 0 aliphatic heterocycles. The minimum atomic E-state index is -4.29. The van der Waals surface area contributed by atoms with Crippen LogP contribution < -0.4 is 14.7 Å². The van der Waals surface area contributed by atoms with Crippen LogP contribution in [0.25, 0.3) is 0 Å². The highest BCUT2D eigenvalue weighted by atomic mass is 32.2. The maximum absolute atomic E-state index is 13.7. The Morgan fingerprint density at radius 1 is 1.23 bits per heavy atom. The Morgan fingerprint density at radius 3 is 2.62 bits per heavy atom. The van der Waals surface area contributed by atoms with E-state index in [1.54, 1.807) is 13.0 Å². The molecule has 140 valence electrons. The SMILES string of the molecule is Cc1cc(OCCCSC(=N)N)cc(OS(=O)(=O)c2ccccc2F)c1. The number of amidine groups is 1. The van der Waals surface area contributed by atoms with Crippen LogP contribution in [-0.2, 0) is 10.1 Å². The summed E-state index contributed by atoms with van der Waals surface area (Å²) in [5, 5.41) is 7.17. The van der Waals surface area contributed by atoms with Gasteiger partial charge in [0.15, 0.2) is 5.17 Å². The maximum atomic E-state index is 13.7.